The fourth-order valence-corrected chi connectivity index (χ4v) is 4.75. The van der Waals surface area contributed by atoms with E-state index in [4.69, 9.17) is 9.47 Å². The Bertz CT molecular complexity index is 1160. The second-order valence-electron chi connectivity index (χ2n) is 8.18. The van der Waals surface area contributed by atoms with Crippen LogP contribution < -0.4 is 15.2 Å². The van der Waals surface area contributed by atoms with Crippen LogP contribution in [0.5, 0.6) is 11.5 Å². The summed E-state index contributed by atoms with van der Waals surface area (Å²) in [6.07, 6.45) is 3.05. The van der Waals surface area contributed by atoms with Gasteiger partial charge < -0.3 is 14.4 Å². The smallest absolute Gasteiger partial charge is 0.329 e. The molecule has 2 aromatic carbocycles. The van der Waals surface area contributed by atoms with Crippen molar-refractivity contribution in [2.45, 2.75) is 51.7 Å². The van der Waals surface area contributed by atoms with E-state index in [1.54, 1.807) is 18.8 Å². The number of hydrogen-bond acceptors (Lipinski definition) is 4. The fourth-order valence-electron chi connectivity index (χ4n) is 4.75. The van der Waals surface area contributed by atoms with E-state index in [1.807, 2.05) is 51.9 Å². The van der Waals surface area contributed by atoms with E-state index < -0.39 is 0 Å². The summed E-state index contributed by atoms with van der Waals surface area (Å²) in [5.74, 6) is 1.41. The monoisotopic (exact) mass is 437 g/mol. The number of benzene rings is 2. The zero-order valence-corrected chi connectivity index (χ0v) is 19.0. The molecule has 7 heteroatoms. The standard InChI is InChI=1S/C25H31N3O4/c1-4-14-27-20-8-5-6-9-21(20)28(25(27)30)16-13-24(29)26-15-7-10-19(26)18-11-12-22(31-2)23(17-18)32-3/h5-6,8-9,11-12,17,19H,4,7,10,13-16H2,1-3H3. The minimum absolute atomic E-state index is 0.0143. The largest absolute Gasteiger partial charge is 0.493 e. The molecule has 7 nitrogen and oxygen atoms in total. The molecule has 1 saturated heterocycles. The Hall–Kier alpha value is -3.22. The second-order valence-corrected chi connectivity index (χ2v) is 8.18. The number of imidazole rings is 1. The maximum atomic E-state index is 13.2. The van der Waals surface area contributed by atoms with Gasteiger partial charge in [-0.05, 0) is 49.1 Å². The minimum atomic E-state index is -0.0429. The third-order valence-corrected chi connectivity index (χ3v) is 6.29. The number of carbonyl (C=O) groups excluding carboxylic acids is 1. The molecule has 1 atom stereocenters. The van der Waals surface area contributed by atoms with Gasteiger partial charge >= 0.3 is 5.69 Å². The van der Waals surface area contributed by atoms with Crippen molar-refractivity contribution in [3.63, 3.8) is 0 Å². The summed E-state index contributed by atoms with van der Waals surface area (Å²) in [6.45, 7) is 3.84. The van der Waals surface area contributed by atoms with Gasteiger partial charge in [-0.3, -0.25) is 13.9 Å². The van der Waals surface area contributed by atoms with Gasteiger partial charge in [-0.15, -0.1) is 0 Å². The highest BCUT2D eigenvalue weighted by atomic mass is 16.5. The Balaban J connectivity index is 1.54. The predicted molar refractivity (Wildman–Crippen MR) is 124 cm³/mol. The van der Waals surface area contributed by atoms with E-state index in [9.17, 15) is 9.59 Å². The molecule has 0 radical (unpaired) electrons. The first-order chi connectivity index (χ1) is 15.6. The lowest BCUT2D eigenvalue weighted by atomic mass is 10.0. The number of likely N-dealkylation sites (tertiary alicyclic amines) is 1. The molecule has 0 spiro atoms. The summed E-state index contributed by atoms with van der Waals surface area (Å²) >= 11 is 0. The molecule has 2 heterocycles. The van der Waals surface area contributed by atoms with Gasteiger partial charge in [0.25, 0.3) is 0 Å². The molecule has 0 saturated carbocycles. The number of methoxy groups -OCH3 is 2. The lowest BCUT2D eigenvalue weighted by Crippen LogP contribution is -2.32. The van der Waals surface area contributed by atoms with E-state index >= 15 is 0 Å². The summed E-state index contributed by atoms with van der Waals surface area (Å²) in [5, 5.41) is 0. The summed E-state index contributed by atoms with van der Waals surface area (Å²) < 4.78 is 14.3. The van der Waals surface area contributed by atoms with E-state index in [-0.39, 0.29) is 17.6 Å². The van der Waals surface area contributed by atoms with Crippen LogP contribution in [-0.2, 0) is 17.9 Å². The van der Waals surface area contributed by atoms with Gasteiger partial charge in [0.15, 0.2) is 11.5 Å². The molecule has 32 heavy (non-hydrogen) atoms. The predicted octanol–water partition coefficient (Wildman–Crippen LogP) is 3.98. The van der Waals surface area contributed by atoms with Gasteiger partial charge in [0.2, 0.25) is 5.91 Å². The van der Waals surface area contributed by atoms with E-state index in [0.29, 0.717) is 31.0 Å². The Labute approximate surface area is 188 Å². The van der Waals surface area contributed by atoms with E-state index in [0.717, 1.165) is 42.4 Å². The van der Waals surface area contributed by atoms with Crippen LogP contribution >= 0.6 is 0 Å². The molecular formula is C25H31N3O4. The van der Waals surface area contributed by atoms with Crippen molar-refractivity contribution in [2.75, 3.05) is 20.8 Å². The van der Waals surface area contributed by atoms with Crippen LogP contribution in [0.4, 0.5) is 0 Å². The quantitative estimate of drug-likeness (QED) is 0.535. The van der Waals surface area contributed by atoms with Crippen molar-refractivity contribution in [3.05, 3.63) is 58.5 Å². The summed E-state index contributed by atoms with van der Waals surface area (Å²) in [4.78, 5) is 28.2. The lowest BCUT2D eigenvalue weighted by Gasteiger charge is -2.26. The molecule has 3 aromatic rings. The number of aromatic nitrogens is 2. The molecule has 1 fully saturated rings. The maximum absolute atomic E-state index is 13.2. The van der Waals surface area contributed by atoms with Gasteiger partial charge in [0.1, 0.15) is 0 Å². The van der Waals surface area contributed by atoms with Gasteiger partial charge in [-0.2, -0.15) is 0 Å². The van der Waals surface area contributed by atoms with Crippen molar-refractivity contribution in [1.82, 2.24) is 14.0 Å². The summed E-state index contributed by atoms with van der Waals surface area (Å²) in [7, 11) is 3.23. The lowest BCUT2D eigenvalue weighted by molar-refractivity contribution is -0.132. The molecule has 4 rings (SSSR count). The minimum Gasteiger partial charge on any atom is -0.493 e. The summed E-state index contributed by atoms with van der Waals surface area (Å²) in [5.41, 5.74) is 2.82. The van der Waals surface area contributed by atoms with Gasteiger partial charge in [-0.1, -0.05) is 25.1 Å². The number of para-hydroxylation sites is 2. The zero-order chi connectivity index (χ0) is 22.7. The highest BCUT2D eigenvalue weighted by molar-refractivity contribution is 5.78. The molecular weight excluding hydrogens is 406 g/mol. The van der Waals surface area contributed by atoms with Crippen LogP contribution in [0.25, 0.3) is 11.0 Å². The van der Waals surface area contributed by atoms with Gasteiger partial charge in [0, 0.05) is 26.1 Å². The molecule has 1 unspecified atom stereocenters. The first-order valence-electron chi connectivity index (χ1n) is 11.3. The molecule has 1 aliphatic rings. The number of ether oxygens (including phenoxy) is 2. The van der Waals surface area contributed by atoms with E-state index in [1.165, 1.54) is 0 Å². The molecule has 1 aromatic heterocycles. The fraction of sp³-hybridized carbons (Fsp3) is 0.440. The van der Waals surface area contributed by atoms with Crippen LogP contribution in [-0.4, -0.2) is 40.7 Å². The zero-order valence-electron chi connectivity index (χ0n) is 19.0. The third-order valence-electron chi connectivity index (χ3n) is 6.29. The summed E-state index contributed by atoms with van der Waals surface area (Å²) in [6, 6.07) is 13.7. The van der Waals surface area contributed by atoms with Gasteiger partial charge in [0.05, 0.1) is 31.3 Å². The number of hydrogen-bond donors (Lipinski definition) is 0. The topological polar surface area (TPSA) is 65.7 Å². The first kappa shape index (κ1) is 22.0. The van der Waals surface area contributed by atoms with Crippen molar-refractivity contribution in [2.24, 2.45) is 0 Å². The Kier molecular flexibility index (Phi) is 6.53. The molecule has 1 amide bonds. The van der Waals surface area contributed by atoms with Gasteiger partial charge in [-0.25, -0.2) is 4.79 Å². The third kappa shape index (κ3) is 3.99. The average Bonchev–Trinajstić information content (AvgIpc) is 3.41. The molecule has 0 aliphatic carbocycles. The number of amides is 1. The van der Waals surface area contributed by atoms with Crippen LogP contribution in [0.15, 0.2) is 47.3 Å². The second kappa shape index (κ2) is 9.51. The average molecular weight is 438 g/mol. The number of fused-ring (bicyclic) bond motifs is 1. The molecule has 1 aliphatic heterocycles. The van der Waals surface area contributed by atoms with Crippen molar-refractivity contribution >= 4 is 16.9 Å². The number of carbonyl (C=O) groups is 1. The SMILES string of the molecule is CCCn1c(=O)n(CCC(=O)N2CCCC2c2ccc(OC)c(OC)c2)c2ccccc21. The van der Waals surface area contributed by atoms with Crippen LogP contribution in [0.1, 0.15) is 44.2 Å². The Morgan fingerprint density at radius 2 is 1.69 bits per heavy atom. The maximum Gasteiger partial charge on any atom is 0.329 e. The van der Waals surface area contributed by atoms with Crippen molar-refractivity contribution in [3.8, 4) is 11.5 Å². The number of nitrogens with zero attached hydrogens (tertiary/aromatic N) is 3. The van der Waals surface area contributed by atoms with E-state index in [2.05, 4.69) is 6.92 Å². The molecule has 0 N–H and O–H groups in total. The molecule has 170 valence electrons. The van der Waals surface area contributed by atoms with Crippen molar-refractivity contribution < 1.29 is 14.3 Å². The number of rotatable bonds is 8. The van der Waals surface area contributed by atoms with Crippen LogP contribution in [0.3, 0.4) is 0 Å². The Morgan fingerprint density at radius 3 is 2.34 bits per heavy atom. The highest BCUT2D eigenvalue weighted by Crippen LogP contribution is 2.37. The van der Waals surface area contributed by atoms with Crippen molar-refractivity contribution in [1.29, 1.82) is 0 Å². The number of aryl methyl sites for hydroxylation is 2. The van der Waals surface area contributed by atoms with Crippen LogP contribution in [0.2, 0.25) is 0 Å². The van der Waals surface area contributed by atoms with Crippen LogP contribution in [0, 0.1) is 0 Å². The first-order valence-corrected chi connectivity index (χ1v) is 11.3. The highest BCUT2D eigenvalue weighted by Gasteiger charge is 2.30. The normalized spacial score (nSPS) is 16.0. The molecule has 0 bridgehead atoms. The Morgan fingerprint density at radius 1 is 1.00 bits per heavy atom.